The second kappa shape index (κ2) is 6.69. The summed E-state index contributed by atoms with van der Waals surface area (Å²) >= 11 is 0. The molecule has 110 valence electrons. The highest BCUT2D eigenvalue weighted by Crippen LogP contribution is 2.21. The average molecular weight is 289 g/mol. The van der Waals surface area contributed by atoms with Crippen LogP contribution in [0.2, 0.25) is 0 Å². The van der Waals surface area contributed by atoms with Gasteiger partial charge in [0.05, 0.1) is 12.8 Å². The Balaban J connectivity index is 2.19. The summed E-state index contributed by atoms with van der Waals surface area (Å²) in [7, 11) is 1.47. The number of nitrogens with zero attached hydrogens (tertiary/aromatic N) is 1. The molecule has 0 aliphatic rings. The van der Waals surface area contributed by atoms with E-state index in [4.69, 9.17) is 4.74 Å². The van der Waals surface area contributed by atoms with Gasteiger partial charge in [-0.3, -0.25) is 9.78 Å². The predicted octanol–water partition coefficient (Wildman–Crippen LogP) is 2.91. The zero-order valence-electron chi connectivity index (χ0n) is 11.8. The third kappa shape index (κ3) is 3.68. The molecule has 1 aromatic heterocycles. The number of hydrogen-bond acceptors (Lipinski definition) is 4. The Hall–Kier alpha value is -2.63. The van der Waals surface area contributed by atoms with E-state index in [1.165, 1.54) is 31.5 Å². The molecule has 0 spiro atoms. The Morgan fingerprint density at radius 3 is 2.86 bits per heavy atom. The second-order valence-electron chi connectivity index (χ2n) is 4.26. The minimum Gasteiger partial charge on any atom is -0.497 e. The maximum absolute atomic E-state index is 13.7. The molecule has 2 aromatic rings. The van der Waals surface area contributed by atoms with E-state index >= 15 is 0 Å². The van der Waals surface area contributed by atoms with Gasteiger partial charge >= 0.3 is 0 Å². The largest absolute Gasteiger partial charge is 0.497 e. The lowest BCUT2D eigenvalue weighted by Gasteiger charge is -2.09. The van der Waals surface area contributed by atoms with Crippen molar-refractivity contribution < 1.29 is 13.9 Å². The van der Waals surface area contributed by atoms with Crippen molar-refractivity contribution in [1.82, 2.24) is 4.98 Å². The van der Waals surface area contributed by atoms with Gasteiger partial charge in [0.25, 0.3) is 5.91 Å². The Morgan fingerprint density at radius 2 is 2.14 bits per heavy atom. The monoisotopic (exact) mass is 289 g/mol. The van der Waals surface area contributed by atoms with Crippen molar-refractivity contribution in [3.05, 3.63) is 48.0 Å². The highest BCUT2D eigenvalue weighted by molar-refractivity contribution is 6.03. The first-order valence-corrected chi connectivity index (χ1v) is 6.49. The fraction of sp³-hybridized carbons (Fsp3) is 0.200. The first-order chi connectivity index (χ1) is 10.1. The van der Waals surface area contributed by atoms with Crippen LogP contribution < -0.4 is 15.4 Å². The summed E-state index contributed by atoms with van der Waals surface area (Å²) in [5.41, 5.74) is 1.04. The van der Waals surface area contributed by atoms with Crippen LogP contribution in [0.3, 0.4) is 0 Å². The number of anilines is 2. The van der Waals surface area contributed by atoms with E-state index in [-0.39, 0.29) is 11.4 Å². The molecular formula is C15H16FN3O2. The summed E-state index contributed by atoms with van der Waals surface area (Å²) in [5.74, 6) is -0.560. The maximum atomic E-state index is 13.7. The number of carbonyl (C=O) groups is 1. The van der Waals surface area contributed by atoms with E-state index in [0.717, 1.165) is 12.2 Å². The van der Waals surface area contributed by atoms with Gasteiger partial charge in [0, 0.05) is 24.5 Å². The third-order valence-corrected chi connectivity index (χ3v) is 2.80. The van der Waals surface area contributed by atoms with Crippen LogP contribution in [-0.2, 0) is 0 Å². The number of benzene rings is 1. The van der Waals surface area contributed by atoms with Crippen molar-refractivity contribution >= 4 is 17.3 Å². The molecule has 21 heavy (non-hydrogen) atoms. The van der Waals surface area contributed by atoms with E-state index in [0.29, 0.717) is 5.75 Å². The Morgan fingerprint density at radius 1 is 1.33 bits per heavy atom. The van der Waals surface area contributed by atoms with Gasteiger partial charge in [-0.2, -0.15) is 0 Å². The number of aromatic nitrogens is 1. The van der Waals surface area contributed by atoms with Crippen LogP contribution in [0.5, 0.6) is 5.75 Å². The van der Waals surface area contributed by atoms with Crippen LogP contribution in [-0.4, -0.2) is 24.5 Å². The topological polar surface area (TPSA) is 63.2 Å². The molecule has 2 N–H and O–H groups in total. The number of hydrogen-bond donors (Lipinski definition) is 2. The Labute approximate surface area is 122 Å². The smallest absolute Gasteiger partial charge is 0.274 e. The fourth-order valence-electron chi connectivity index (χ4n) is 1.78. The van der Waals surface area contributed by atoms with Gasteiger partial charge in [0.2, 0.25) is 0 Å². The number of amides is 1. The quantitative estimate of drug-likeness (QED) is 0.888. The first-order valence-electron chi connectivity index (χ1n) is 6.49. The van der Waals surface area contributed by atoms with E-state index < -0.39 is 11.7 Å². The number of nitrogens with one attached hydrogen (secondary N) is 2. The van der Waals surface area contributed by atoms with Crippen LogP contribution in [0.1, 0.15) is 17.4 Å². The van der Waals surface area contributed by atoms with Crippen molar-refractivity contribution in [2.45, 2.75) is 6.92 Å². The summed E-state index contributed by atoms with van der Waals surface area (Å²) in [5, 5.41) is 5.57. The molecular weight excluding hydrogens is 273 g/mol. The van der Waals surface area contributed by atoms with Gasteiger partial charge in [-0.15, -0.1) is 0 Å². The lowest BCUT2D eigenvalue weighted by molar-refractivity contribution is 0.102. The molecule has 0 bridgehead atoms. The molecule has 2 rings (SSSR count). The average Bonchev–Trinajstić information content (AvgIpc) is 2.50. The van der Waals surface area contributed by atoms with E-state index in [1.54, 1.807) is 12.1 Å². The SMILES string of the molecule is CCNc1ccnc(C(=O)Nc2cc(OC)ccc2F)c1. The van der Waals surface area contributed by atoms with Crippen molar-refractivity contribution in [1.29, 1.82) is 0 Å². The van der Waals surface area contributed by atoms with Crippen LogP contribution in [0.25, 0.3) is 0 Å². The van der Waals surface area contributed by atoms with Gasteiger partial charge < -0.3 is 15.4 Å². The molecule has 6 heteroatoms. The van der Waals surface area contributed by atoms with Gasteiger partial charge in [0.15, 0.2) is 0 Å². The van der Waals surface area contributed by atoms with E-state index in [2.05, 4.69) is 15.6 Å². The van der Waals surface area contributed by atoms with Gasteiger partial charge in [-0.05, 0) is 31.2 Å². The van der Waals surface area contributed by atoms with E-state index in [9.17, 15) is 9.18 Å². The zero-order chi connectivity index (χ0) is 15.2. The molecule has 0 saturated carbocycles. The molecule has 1 aromatic carbocycles. The van der Waals surface area contributed by atoms with Crippen molar-refractivity contribution in [3.8, 4) is 5.75 Å². The predicted molar refractivity (Wildman–Crippen MR) is 79.3 cm³/mol. The van der Waals surface area contributed by atoms with Gasteiger partial charge in [-0.1, -0.05) is 0 Å². The van der Waals surface area contributed by atoms with Gasteiger partial charge in [0.1, 0.15) is 17.3 Å². The Kier molecular flexibility index (Phi) is 4.71. The van der Waals surface area contributed by atoms with Crippen molar-refractivity contribution in [2.24, 2.45) is 0 Å². The van der Waals surface area contributed by atoms with Crippen LogP contribution in [0.15, 0.2) is 36.5 Å². The highest BCUT2D eigenvalue weighted by atomic mass is 19.1. The molecule has 1 heterocycles. The number of carbonyl (C=O) groups excluding carboxylic acids is 1. The molecule has 0 radical (unpaired) electrons. The highest BCUT2D eigenvalue weighted by Gasteiger charge is 2.12. The number of halogens is 1. The second-order valence-corrected chi connectivity index (χ2v) is 4.26. The molecule has 1 amide bonds. The van der Waals surface area contributed by atoms with Crippen LogP contribution >= 0.6 is 0 Å². The molecule has 0 aliphatic carbocycles. The van der Waals surface area contributed by atoms with Crippen LogP contribution in [0, 0.1) is 5.82 Å². The third-order valence-electron chi connectivity index (χ3n) is 2.80. The number of ether oxygens (including phenoxy) is 1. The van der Waals surface area contributed by atoms with Crippen molar-refractivity contribution in [3.63, 3.8) is 0 Å². The summed E-state index contributed by atoms with van der Waals surface area (Å²) in [6.07, 6.45) is 1.52. The lowest BCUT2D eigenvalue weighted by atomic mass is 10.2. The van der Waals surface area contributed by atoms with Crippen LogP contribution in [0.4, 0.5) is 15.8 Å². The van der Waals surface area contributed by atoms with Crippen molar-refractivity contribution in [2.75, 3.05) is 24.3 Å². The summed E-state index contributed by atoms with van der Waals surface area (Å²) < 4.78 is 18.7. The molecule has 0 aliphatic heterocycles. The Bertz CT molecular complexity index is 647. The summed E-state index contributed by atoms with van der Waals surface area (Å²) in [4.78, 5) is 16.1. The minimum atomic E-state index is -0.535. The number of rotatable bonds is 5. The summed E-state index contributed by atoms with van der Waals surface area (Å²) in [6.45, 7) is 2.68. The summed E-state index contributed by atoms with van der Waals surface area (Å²) in [6, 6.07) is 7.50. The van der Waals surface area contributed by atoms with E-state index in [1.807, 2.05) is 6.92 Å². The molecule has 0 fully saturated rings. The fourth-order valence-corrected chi connectivity index (χ4v) is 1.78. The minimum absolute atomic E-state index is 0.0509. The molecule has 0 unspecified atom stereocenters. The first kappa shape index (κ1) is 14.8. The zero-order valence-corrected chi connectivity index (χ0v) is 11.8. The number of methoxy groups -OCH3 is 1. The molecule has 0 saturated heterocycles. The molecule has 0 atom stereocenters. The molecule has 5 nitrogen and oxygen atoms in total. The lowest BCUT2D eigenvalue weighted by Crippen LogP contribution is -2.15. The number of pyridine rings is 1. The van der Waals surface area contributed by atoms with Gasteiger partial charge in [-0.25, -0.2) is 4.39 Å². The standard InChI is InChI=1S/C15H16FN3O2/c1-3-17-10-6-7-18-14(8-10)15(20)19-13-9-11(21-2)4-5-12(13)16/h4-9H,3H2,1-2H3,(H,17,18)(H,19,20). The normalized spacial score (nSPS) is 10.0. The maximum Gasteiger partial charge on any atom is 0.274 e.